The van der Waals surface area contributed by atoms with Crippen LogP contribution < -0.4 is 16.2 Å². The molecule has 1 fully saturated rings. The summed E-state index contributed by atoms with van der Waals surface area (Å²) in [4.78, 5) is 43.6. The topological polar surface area (TPSA) is 96.3 Å². The Kier molecular flexibility index (Phi) is 5.97. The van der Waals surface area contributed by atoms with Gasteiger partial charge in [-0.2, -0.15) is 0 Å². The molecular weight excluding hydrogens is 394 g/mol. The minimum absolute atomic E-state index is 0.0281. The van der Waals surface area contributed by atoms with Crippen molar-refractivity contribution in [1.82, 2.24) is 19.8 Å². The first-order chi connectivity index (χ1) is 15.0. The summed E-state index contributed by atoms with van der Waals surface area (Å²) in [7, 11) is 0. The Morgan fingerprint density at radius 1 is 1.06 bits per heavy atom. The second-order valence-electron chi connectivity index (χ2n) is 7.77. The number of hydrogen-bond acceptors (Lipinski definition) is 4. The van der Waals surface area contributed by atoms with Gasteiger partial charge in [0.25, 0.3) is 5.56 Å². The van der Waals surface area contributed by atoms with Crippen molar-refractivity contribution >= 4 is 28.5 Å². The van der Waals surface area contributed by atoms with Crippen LogP contribution in [0.25, 0.3) is 10.9 Å². The van der Waals surface area contributed by atoms with Gasteiger partial charge in [-0.05, 0) is 43.5 Å². The van der Waals surface area contributed by atoms with Gasteiger partial charge in [0.2, 0.25) is 5.91 Å². The zero-order valence-corrected chi connectivity index (χ0v) is 17.4. The monoisotopic (exact) mass is 419 g/mol. The molecule has 2 N–H and O–H groups in total. The average molecular weight is 419 g/mol. The van der Waals surface area contributed by atoms with Crippen LogP contribution in [0.15, 0.2) is 59.7 Å². The molecule has 8 nitrogen and oxygen atoms in total. The maximum Gasteiger partial charge on any atom is 0.321 e. The van der Waals surface area contributed by atoms with E-state index in [4.69, 9.17) is 0 Å². The highest BCUT2D eigenvalue weighted by molar-refractivity contribution is 5.89. The molecule has 4 rings (SSSR count). The predicted molar refractivity (Wildman–Crippen MR) is 119 cm³/mol. The molecule has 3 amide bonds. The molecule has 2 heterocycles. The maximum atomic E-state index is 12.7. The van der Waals surface area contributed by atoms with E-state index in [0.717, 1.165) is 11.3 Å². The van der Waals surface area contributed by atoms with Gasteiger partial charge in [-0.15, -0.1) is 0 Å². The Hall–Kier alpha value is -3.68. The van der Waals surface area contributed by atoms with Gasteiger partial charge in [-0.1, -0.05) is 30.3 Å². The number of aromatic nitrogens is 2. The fourth-order valence-corrected chi connectivity index (χ4v) is 3.83. The maximum absolute atomic E-state index is 12.7. The highest BCUT2D eigenvalue weighted by Crippen LogP contribution is 2.14. The molecular formula is C23H25N5O3. The van der Waals surface area contributed by atoms with E-state index in [2.05, 4.69) is 15.6 Å². The molecule has 31 heavy (non-hydrogen) atoms. The van der Waals surface area contributed by atoms with Crippen LogP contribution >= 0.6 is 0 Å². The number of carbonyl (C=O) groups excluding carboxylic acids is 2. The van der Waals surface area contributed by atoms with Crippen molar-refractivity contribution < 1.29 is 9.59 Å². The molecule has 160 valence electrons. The molecule has 0 atom stereocenters. The zero-order valence-electron chi connectivity index (χ0n) is 17.4. The van der Waals surface area contributed by atoms with E-state index in [-0.39, 0.29) is 30.1 Å². The Balaban J connectivity index is 1.30. The molecule has 2 aromatic carbocycles. The molecule has 0 saturated carbocycles. The fraction of sp³-hybridized carbons (Fsp3) is 0.304. The van der Waals surface area contributed by atoms with Crippen LogP contribution in [0.3, 0.4) is 0 Å². The summed E-state index contributed by atoms with van der Waals surface area (Å²) in [5.41, 5.74) is 2.11. The number of para-hydroxylation sites is 2. The third-order valence-corrected chi connectivity index (χ3v) is 5.54. The molecule has 0 unspecified atom stereocenters. The van der Waals surface area contributed by atoms with Crippen molar-refractivity contribution in [2.45, 2.75) is 32.4 Å². The number of benzene rings is 2. The first-order valence-electron chi connectivity index (χ1n) is 10.4. The quantitative estimate of drug-likeness (QED) is 0.679. The molecule has 0 aliphatic carbocycles. The molecule has 1 aliphatic rings. The summed E-state index contributed by atoms with van der Waals surface area (Å²) in [6.45, 7) is 2.93. The van der Waals surface area contributed by atoms with Crippen molar-refractivity contribution in [2.24, 2.45) is 0 Å². The lowest BCUT2D eigenvalue weighted by molar-refractivity contribution is -0.122. The number of rotatable bonds is 4. The molecule has 3 aromatic rings. The van der Waals surface area contributed by atoms with Crippen LogP contribution in [0.5, 0.6) is 0 Å². The average Bonchev–Trinajstić information content (AvgIpc) is 2.77. The smallest absolute Gasteiger partial charge is 0.321 e. The minimum atomic E-state index is -0.233. The number of hydrogen-bond donors (Lipinski definition) is 2. The van der Waals surface area contributed by atoms with Gasteiger partial charge in [0.05, 0.1) is 17.2 Å². The molecule has 0 spiro atoms. The van der Waals surface area contributed by atoms with E-state index in [0.29, 0.717) is 36.8 Å². The number of aryl methyl sites for hydroxylation is 1. The Bertz CT molecular complexity index is 1150. The Morgan fingerprint density at radius 2 is 1.81 bits per heavy atom. The molecule has 0 radical (unpaired) electrons. The van der Waals surface area contributed by atoms with Crippen LogP contribution in [-0.2, 0) is 11.3 Å². The summed E-state index contributed by atoms with van der Waals surface area (Å²) in [5.74, 6) is -0.233. The minimum Gasteiger partial charge on any atom is -0.352 e. The number of likely N-dealkylation sites (tertiary alicyclic amines) is 1. The van der Waals surface area contributed by atoms with Gasteiger partial charge in [0, 0.05) is 24.8 Å². The summed E-state index contributed by atoms with van der Waals surface area (Å²) >= 11 is 0. The van der Waals surface area contributed by atoms with Gasteiger partial charge in [0.15, 0.2) is 0 Å². The molecule has 1 aromatic heterocycles. The van der Waals surface area contributed by atoms with Crippen LogP contribution in [0.4, 0.5) is 10.5 Å². The lowest BCUT2D eigenvalue weighted by Gasteiger charge is -2.32. The lowest BCUT2D eigenvalue weighted by Crippen LogP contribution is -2.48. The standard InChI is InChI=1S/C23H25N5O3/c1-16-6-5-9-19-21(16)24-15-28(22(19)30)14-20(29)25-18-10-12-27(13-11-18)23(31)26-17-7-3-2-4-8-17/h2-9,15,18H,10-14H2,1H3,(H,25,29)(H,26,31). The largest absolute Gasteiger partial charge is 0.352 e. The first kappa shape index (κ1) is 20.6. The van der Waals surface area contributed by atoms with E-state index in [1.165, 1.54) is 10.9 Å². The van der Waals surface area contributed by atoms with Gasteiger partial charge in [-0.3, -0.25) is 14.2 Å². The number of carbonyl (C=O) groups is 2. The van der Waals surface area contributed by atoms with E-state index < -0.39 is 0 Å². The number of urea groups is 1. The highest BCUT2D eigenvalue weighted by Gasteiger charge is 2.24. The van der Waals surface area contributed by atoms with Crippen LogP contribution in [-0.4, -0.2) is 45.5 Å². The summed E-state index contributed by atoms with van der Waals surface area (Å²) in [6.07, 6.45) is 2.75. The van der Waals surface area contributed by atoms with E-state index in [9.17, 15) is 14.4 Å². The SMILES string of the molecule is Cc1cccc2c(=O)n(CC(=O)NC3CCN(C(=O)Nc4ccccc4)CC3)cnc12. The van der Waals surface area contributed by atoms with Crippen LogP contribution in [0, 0.1) is 6.92 Å². The van der Waals surface area contributed by atoms with E-state index >= 15 is 0 Å². The van der Waals surface area contributed by atoms with Crippen molar-refractivity contribution in [2.75, 3.05) is 18.4 Å². The summed E-state index contributed by atoms with van der Waals surface area (Å²) in [6, 6.07) is 14.6. The predicted octanol–water partition coefficient (Wildman–Crippen LogP) is 2.52. The number of amides is 3. The Labute approximate surface area is 179 Å². The van der Waals surface area contributed by atoms with E-state index in [1.807, 2.05) is 49.4 Å². The third kappa shape index (κ3) is 4.74. The van der Waals surface area contributed by atoms with Crippen LogP contribution in [0.2, 0.25) is 0 Å². The fourth-order valence-electron chi connectivity index (χ4n) is 3.83. The lowest BCUT2D eigenvalue weighted by atomic mass is 10.1. The number of fused-ring (bicyclic) bond motifs is 1. The van der Waals surface area contributed by atoms with Crippen LogP contribution in [0.1, 0.15) is 18.4 Å². The summed E-state index contributed by atoms with van der Waals surface area (Å²) in [5, 5.41) is 6.37. The normalized spacial score (nSPS) is 14.4. The first-order valence-corrected chi connectivity index (χ1v) is 10.4. The van der Waals surface area contributed by atoms with Gasteiger partial charge >= 0.3 is 6.03 Å². The third-order valence-electron chi connectivity index (χ3n) is 5.54. The molecule has 1 saturated heterocycles. The molecule has 8 heteroatoms. The summed E-state index contributed by atoms with van der Waals surface area (Å²) < 4.78 is 1.33. The number of piperidine rings is 1. The van der Waals surface area contributed by atoms with Crippen molar-refractivity contribution in [3.63, 3.8) is 0 Å². The zero-order chi connectivity index (χ0) is 21.8. The van der Waals surface area contributed by atoms with Gasteiger partial charge < -0.3 is 15.5 Å². The van der Waals surface area contributed by atoms with Crippen molar-refractivity contribution in [3.8, 4) is 0 Å². The van der Waals surface area contributed by atoms with Crippen molar-refractivity contribution in [3.05, 3.63) is 70.8 Å². The Morgan fingerprint density at radius 3 is 2.55 bits per heavy atom. The number of nitrogens with one attached hydrogen (secondary N) is 2. The number of anilines is 1. The number of nitrogens with zero attached hydrogens (tertiary/aromatic N) is 3. The van der Waals surface area contributed by atoms with E-state index in [1.54, 1.807) is 11.0 Å². The second kappa shape index (κ2) is 8.99. The van der Waals surface area contributed by atoms with Gasteiger partial charge in [-0.25, -0.2) is 9.78 Å². The highest BCUT2D eigenvalue weighted by atomic mass is 16.2. The molecule has 1 aliphatic heterocycles. The van der Waals surface area contributed by atoms with Gasteiger partial charge in [0.1, 0.15) is 6.54 Å². The second-order valence-corrected chi connectivity index (χ2v) is 7.77. The van der Waals surface area contributed by atoms with Crippen molar-refractivity contribution in [1.29, 1.82) is 0 Å². The molecule has 0 bridgehead atoms.